The van der Waals surface area contributed by atoms with E-state index in [2.05, 4.69) is 14.9 Å². The van der Waals surface area contributed by atoms with Crippen LogP contribution in [0.25, 0.3) is 11.0 Å². The first-order chi connectivity index (χ1) is 10.8. The number of aromatic nitrogens is 2. The first kappa shape index (κ1) is 14.1. The highest BCUT2D eigenvalue weighted by molar-refractivity contribution is 5.96. The first-order valence-corrected chi connectivity index (χ1v) is 7.22. The summed E-state index contributed by atoms with van der Waals surface area (Å²) in [5.41, 5.74) is 2.37. The molecule has 0 radical (unpaired) electrons. The minimum Gasteiger partial charge on any atom is -0.507 e. The molecular weight excluding hydrogens is 278 g/mol. The molecule has 1 amide bonds. The lowest BCUT2D eigenvalue weighted by molar-refractivity contribution is 0.0950. The van der Waals surface area contributed by atoms with Crippen molar-refractivity contribution in [2.24, 2.45) is 0 Å². The van der Waals surface area contributed by atoms with E-state index < -0.39 is 0 Å². The number of phenolic OH excluding ortho intramolecular Hbond substituents is 1. The number of rotatable bonds is 5. The zero-order chi connectivity index (χ0) is 15.4. The predicted octanol–water partition coefficient (Wildman–Crippen LogP) is 2.56. The van der Waals surface area contributed by atoms with E-state index >= 15 is 0 Å². The van der Waals surface area contributed by atoms with E-state index in [-0.39, 0.29) is 11.7 Å². The maximum absolute atomic E-state index is 11.9. The Balaban J connectivity index is 1.54. The van der Waals surface area contributed by atoms with Gasteiger partial charge in [0.25, 0.3) is 5.91 Å². The Bertz CT molecular complexity index is 795. The summed E-state index contributed by atoms with van der Waals surface area (Å²) in [7, 11) is 0. The maximum atomic E-state index is 11.9. The van der Waals surface area contributed by atoms with Crippen LogP contribution in [-0.2, 0) is 6.54 Å². The van der Waals surface area contributed by atoms with E-state index in [1.54, 1.807) is 18.2 Å². The molecule has 0 fully saturated rings. The van der Waals surface area contributed by atoms with Crippen molar-refractivity contribution in [2.45, 2.75) is 13.0 Å². The SMILES string of the molecule is O=C(NCCCn1cnc2ccccc21)c1ccccc1O. The Morgan fingerprint density at radius 1 is 1.14 bits per heavy atom. The van der Waals surface area contributed by atoms with Gasteiger partial charge in [-0.2, -0.15) is 0 Å². The van der Waals surface area contributed by atoms with E-state index in [0.29, 0.717) is 12.1 Å². The Labute approximate surface area is 128 Å². The molecule has 112 valence electrons. The van der Waals surface area contributed by atoms with Crippen molar-refractivity contribution in [1.29, 1.82) is 0 Å². The molecule has 0 aliphatic carbocycles. The Morgan fingerprint density at radius 3 is 2.77 bits per heavy atom. The summed E-state index contributed by atoms with van der Waals surface area (Å²) in [5.74, 6) is -0.255. The van der Waals surface area contributed by atoms with Crippen molar-refractivity contribution in [2.75, 3.05) is 6.54 Å². The van der Waals surface area contributed by atoms with Crippen molar-refractivity contribution in [3.05, 3.63) is 60.4 Å². The molecular formula is C17H17N3O2. The second-order valence-corrected chi connectivity index (χ2v) is 5.05. The fourth-order valence-electron chi connectivity index (χ4n) is 2.40. The standard InChI is InChI=1S/C17H17N3O2/c21-16-9-4-1-6-13(16)17(22)18-10-5-11-20-12-19-14-7-2-3-8-15(14)20/h1-4,6-9,12,21H,5,10-11H2,(H,18,22). The van der Waals surface area contributed by atoms with E-state index in [4.69, 9.17) is 0 Å². The number of phenols is 1. The van der Waals surface area contributed by atoms with Crippen LogP contribution in [0.2, 0.25) is 0 Å². The van der Waals surface area contributed by atoms with Gasteiger partial charge in [-0.1, -0.05) is 24.3 Å². The molecule has 5 heteroatoms. The number of hydrogen-bond acceptors (Lipinski definition) is 3. The summed E-state index contributed by atoms with van der Waals surface area (Å²) >= 11 is 0. The molecule has 0 aliphatic rings. The highest BCUT2D eigenvalue weighted by Gasteiger charge is 2.09. The fraction of sp³-hybridized carbons (Fsp3) is 0.176. The normalized spacial score (nSPS) is 10.7. The van der Waals surface area contributed by atoms with Crippen LogP contribution in [-0.4, -0.2) is 27.1 Å². The average Bonchev–Trinajstić information content (AvgIpc) is 2.95. The van der Waals surface area contributed by atoms with Crippen LogP contribution < -0.4 is 5.32 Å². The van der Waals surface area contributed by atoms with Crippen LogP contribution in [0.1, 0.15) is 16.8 Å². The van der Waals surface area contributed by atoms with E-state index in [1.165, 1.54) is 6.07 Å². The highest BCUT2D eigenvalue weighted by atomic mass is 16.3. The number of aromatic hydroxyl groups is 1. The summed E-state index contributed by atoms with van der Waals surface area (Å²) < 4.78 is 2.07. The van der Waals surface area contributed by atoms with E-state index in [1.807, 2.05) is 30.6 Å². The Hall–Kier alpha value is -2.82. The van der Waals surface area contributed by atoms with Gasteiger partial charge >= 0.3 is 0 Å². The summed E-state index contributed by atoms with van der Waals surface area (Å²) in [6.45, 7) is 1.32. The molecule has 1 aromatic heterocycles. The summed E-state index contributed by atoms with van der Waals surface area (Å²) in [4.78, 5) is 16.3. The lowest BCUT2D eigenvalue weighted by Crippen LogP contribution is -2.25. The topological polar surface area (TPSA) is 67.2 Å². The van der Waals surface area contributed by atoms with Gasteiger partial charge in [0.15, 0.2) is 0 Å². The minimum atomic E-state index is -0.256. The number of carbonyl (C=O) groups excluding carboxylic acids is 1. The largest absolute Gasteiger partial charge is 0.507 e. The van der Waals surface area contributed by atoms with Crippen LogP contribution in [0.3, 0.4) is 0 Å². The van der Waals surface area contributed by atoms with Gasteiger partial charge in [-0.05, 0) is 30.7 Å². The van der Waals surface area contributed by atoms with Gasteiger partial charge in [-0.15, -0.1) is 0 Å². The third-order valence-electron chi connectivity index (χ3n) is 3.54. The van der Waals surface area contributed by atoms with E-state index in [9.17, 15) is 9.90 Å². The lowest BCUT2D eigenvalue weighted by Gasteiger charge is -2.07. The number of nitrogens with one attached hydrogen (secondary N) is 1. The van der Waals surface area contributed by atoms with Crippen LogP contribution in [0.15, 0.2) is 54.9 Å². The first-order valence-electron chi connectivity index (χ1n) is 7.22. The van der Waals surface area contributed by atoms with Gasteiger partial charge in [0.05, 0.1) is 22.9 Å². The third kappa shape index (κ3) is 2.93. The molecule has 0 saturated carbocycles. The number of aryl methyl sites for hydroxylation is 1. The quantitative estimate of drug-likeness (QED) is 0.711. The predicted molar refractivity (Wildman–Crippen MR) is 84.8 cm³/mol. The van der Waals surface area contributed by atoms with Crippen LogP contribution in [0.5, 0.6) is 5.75 Å². The second-order valence-electron chi connectivity index (χ2n) is 5.05. The lowest BCUT2D eigenvalue weighted by atomic mass is 10.2. The molecule has 3 aromatic rings. The number of para-hydroxylation sites is 3. The molecule has 1 heterocycles. The van der Waals surface area contributed by atoms with Crippen molar-refractivity contribution in [3.63, 3.8) is 0 Å². The van der Waals surface area contributed by atoms with Crippen molar-refractivity contribution in [1.82, 2.24) is 14.9 Å². The molecule has 0 aliphatic heterocycles. The Kier molecular flexibility index (Phi) is 4.05. The number of imidazole rings is 1. The van der Waals surface area contributed by atoms with Gasteiger partial charge in [-0.3, -0.25) is 4.79 Å². The molecule has 22 heavy (non-hydrogen) atoms. The van der Waals surface area contributed by atoms with Gasteiger partial charge < -0.3 is 15.0 Å². The summed E-state index contributed by atoms with van der Waals surface area (Å²) in [6, 6.07) is 14.5. The van der Waals surface area contributed by atoms with Gasteiger partial charge in [0.2, 0.25) is 0 Å². The molecule has 0 atom stereocenters. The molecule has 5 nitrogen and oxygen atoms in total. The number of fused-ring (bicyclic) bond motifs is 1. The zero-order valence-electron chi connectivity index (χ0n) is 12.1. The molecule has 0 spiro atoms. The maximum Gasteiger partial charge on any atom is 0.255 e. The van der Waals surface area contributed by atoms with Crippen molar-refractivity contribution < 1.29 is 9.90 Å². The smallest absolute Gasteiger partial charge is 0.255 e. The summed E-state index contributed by atoms with van der Waals surface area (Å²) in [5, 5.41) is 12.5. The molecule has 0 unspecified atom stereocenters. The van der Waals surface area contributed by atoms with Gasteiger partial charge in [-0.25, -0.2) is 4.98 Å². The molecule has 0 bridgehead atoms. The number of benzene rings is 2. The molecule has 3 rings (SSSR count). The van der Waals surface area contributed by atoms with E-state index in [0.717, 1.165) is 24.0 Å². The Morgan fingerprint density at radius 2 is 1.91 bits per heavy atom. The van der Waals surface area contributed by atoms with Crippen LogP contribution in [0.4, 0.5) is 0 Å². The monoisotopic (exact) mass is 295 g/mol. The highest BCUT2D eigenvalue weighted by Crippen LogP contribution is 2.15. The third-order valence-corrected chi connectivity index (χ3v) is 3.54. The number of carbonyl (C=O) groups is 1. The zero-order valence-corrected chi connectivity index (χ0v) is 12.1. The van der Waals surface area contributed by atoms with Crippen LogP contribution in [0, 0.1) is 0 Å². The van der Waals surface area contributed by atoms with Crippen molar-refractivity contribution >= 4 is 16.9 Å². The molecule has 2 N–H and O–H groups in total. The van der Waals surface area contributed by atoms with Gasteiger partial charge in [0.1, 0.15) is 5.75 Å². The summed E-state index contributed by atoms with van der Waals surface area (Å²) in [6.07, 6.45) is 2.61. The van der Waals surface area contributed by atoms with Crippen LogP contribution >= 0.6 is 0 Å². The fourth-order valence-corrected chi connectivity index (χ4v) is 2.40. The number of hydrogen-bond donors (Lipinski definition) is 2. The number of nitrogens with zero attached hydrogens (tertiary/aromatic N) is 2. The molecule has 0 saturated heterocycles. The van der Waals surface area contributed by atoms with Crippen molar-refractivity contribution in [3.8, 4) is 5.75 Å². The average molecular weight is 295 g/mol. The van der Waals surface area contributed by atoms with Gasteiger partial charge in [0, 0.05) is 13.1 Å². The molecule has 2 aromatic carbocycles. The number of amides is 1. The second kappa shape index (κ2) is 6.30. The minimum absolute atomic E-state index is 0.000559.